The van der Waals surface area contributed by atoms with Crippen molar-refractivity contribution < 1.29 is 41.0 Å². The molecule has 0 radical (unpaired) electrons. The SMILES string of the molecule is CCCn1c(C#CCN(C(=O)OC(C)(C)C)c2c(F)cc(S(C)(=O)=O)cc2OC)cc2c(NC3CCN(C(=O)OC(C)(C)C)CC3F)cccc21. The number of likely N-dealkylation sites (tertiary alicyclic amines) is 1. The molecule has 0 saturated carbocycles. The minimum absolute atomic E-state index is 0.0906. The molecule has 1 aromatic heterocycles. The first-order valence-corrected chi connectivity index (χ1v) is 18.7. The number of hydrogen-bond acceptors (Lipinski definition) is 8. The number of nitrogens with one attached hydrogen (secondary N) is 1. The van der Waals surface area contributed by atoms with Crippen LogP contribution in [0.2, 0.25) is 0 Å². The average molecular weight is 731 g/mol. The van der Waals surface area contributed by atoms with Crippen LogP contribution in [0.3, 0.4) is 0 Å². The number of piperidine rings is 1. The van der Waals surface area contributed by atoms with Crippen molar-refractivity contribution in [3.05, 3.63) is 47.9 Å². The number of fused-ring (bicyclic) bond motifs is 1. The molecule has 1 fully saturated rings. The quantitative estimate of drug-likeness (QED) is 0.243. The van der Waals surface area contributed by atoms with Gasteiger partial charge >= 0.3 is 12.2 Å². The molecule has 51 heavy (non-hydrogen) atoms. The third-order valence-electron chi connectivity index (χ3n) is 7.91. The van der Waals surface area contributed by atoms with E-state index < -0.39 is 51.3 Å². The number of nitrogens with zero attached hydrogens (tertiary/aromatic N) is 3. The van der Waals surface area contributed by atoms with Crippen LogP contribution in [0, 0.1) is 17.7 Å². The van der Waals surface area contributed by atoms with Crippen LogP contribution in [0.15, 0.2) is 41.3 Å². The smallest absolute Gasteiger partial charge is 0.415 e. The molecule has 2 atom stereocenters. The highest BCUT2D eigenvalue weighted by atomic mass is 32.2. The van der Waals surface area contributed by atoms with Gasteiger partial charge in [0.05, 0.1) is 42.3 Å². The van der Waals surface area contributed by atoms with Crippen molar-refractivity contribution in [2.45, 2.75) is 96.2 Å². The van der Waals surface area contributed by atoms with E-state index in [2.05, 4.69) is 17.2 Å². The Balaban J connectivity index is 1.67. The van der Waals surface area contributed by atoms with Crippen LogP contribution in [-0.4, -0.2) is 86.5 Å². The molecule has 4 rings (SSSR count). The van der Waals surface area contributed by atoms with Crippen LogP contribution < -0.4 is 15.0 Å². The van der Waals surface area contributed by atoms with Crippen molar-refractivity contribution in [3.63, 3.8) is 0 Å². The fourth-order valence-corrected chi connectivity index (χ4v) is 6.32. The zero-order valence-corrected chi connectivity index (χ0v) is 31.5. The summed E-state index contributed by atoms with van der Waals surface area (Å²) < 4.78 is 73.8. The Labute approximate surface area is 299 Å². The predicted octanol–water partition coefficient (Wildman–Crippen LogP) is 7.16. The summed E-state index contributed by atoms with van der Waals surface area (Å²) in [6.07, 6.45) is -0.667. The Morgan fingerprint density at radius 3 is 2.35 bits per heavy atom. The van der Waals surface area contributed by atoms with Gasteiger partial charge in [-0.3, -0.25) is 4.90 Å². The molecule has 14 heteroatoms. The molecule has 2 unspecified atom stereocenters. The maximum Gasteiger partial charge on any atom is 0.415 e. The minimum atomic E-state index is -3.79. The van der Waals surface area contributed by atoms with Crippen molar-refractivity contribution in [3.8, 4) is 17.6 Å². The van der Waals surface area contributed by atoms with E-state index in [1.54, 1.807) is 41.5 Å². The number of aromatic nitrogens is 1. The van der Waals surface area contributed by atoms with Gasteiger partial charge in [0.2, 0.25) is 0 Å². The van der Waals surface area contributed by atoms with E-state index in [4.69, 9.17) is 14.2 Å². The third kappa shape index (κ3) is 9.84. The molecule has 1 saturated heterocycles. The molecule has 0 bridgehead atoms. The third-order valence-corrected chi connectivity index (χ3v) is 9.01. The minimum Gasteiger partial charge on any atom is -0.494 e. The number of ether oxygens (including phenoxy) is 3. The fourth-order valence-electron chi connectivity index (χ4n) is 5.68. The van der Waals surface area contributed by atoms with Gasteiger partial charge in [0, 0.05) is 36.5 Å². The van der Waals surface area contributed by atoms with Crippen molar-refractivity contribution in [2.75, 3.05) is 43.2 Å². The number of carbonyl (C=O) groups excluding carboxylic acids is 2. The number of methoxy groups -OCH3 is 1. The van der Waals surface area contributed by atoms with Crippen LogP contribution in [-0.2, 0) is 25.9 Å². The van der Waals surface area contributed by atoms with E-state index >= 15 is 8.78 Å². The summed E-state index contributed by atoms with van der Waals surface area (Å²) in [5.74, 6) is 4.92. The van der Waals surface area contributed by atoms with Crippen LogP contribution in [0.1, 0.15) is 67.0 Å². The van der Waals surface area contributed by atoms with Gasteiger partial charge in [-0.15, -0.1) is 0 Å². The molecular formula is C37H48F2N4O7S. The number of carbonyl (C=O) groups is 2. The van der Waals surface area contributed by atoms with Crippen LogP contribution in [0.5, 0.6) is 5.75 Å². The topological polar surface area (TPSA) is 119 Å². The van der Waals surface area contributed by atoms with Crippen LogP contribution in [0.4, 0.5) is 29.7 Å². The van der Waals surface area contributed by atoms with Crippen molar-refractivity contribution >= 4 is 44.3 Å². The van der Waals surface area contributed by atoms with Gasteiger partial charge in [0.25, 0.3) is 0 Å². The molecule has 1 aliphatic rings. The van der Waals surface area contributed by atoms with Gasteiger partial charge in [-0.2, -0.15) is 0 Å². The van der Waals surface area contributed by atoms with Gasteiger partial charge in [0.15, 0.2) is 15.7 Å². The van der Waals surface area contributed by atoms with Gasteiger partial charge in [-0.05, 0) is 84.6 Å². The van der Waals surface area contributed by atoms with Crippen LogP contribution in [0.25, 0.3) is 10.9 Å². The number of hydrogen-bond donors (Lipinski definition) is 1. The first kappa shape index (κ1) is 39.3. The zero-order valence-electron chi connectivity index (χ0n) is 30.7. The highest BCUT2D eigenvalue weighted by molar-refractivity contribution is 7.90. The largest absolute Gasteiger partial charge is 0.494 e. The molecule has 278 valence electrons. The van der Waals surface area contributed by atoms with Gasteiger partial charge in [-0.1, -0.05) is 18.9 Å². The van der Waals surface area contributed by atoms with Crippen molar-refractivity contribution in [2.24, 2.45) is 0 Å². The maximum absolute atomic E-state index is 15.6. The van der Waals surface area contributed by atoms with E-state index in [0.29, 0.717) is 30.9 Å². The number of alkyl halides is 1. The molecule has 3 aromatic rings. The summed E-state index contributed by atoms with van der Waals surface area (Å²) in [6.45, 7) is 12.9. The van der Waals surface area contributed by atoms with Gasteiger partial charge in [-0.25, -0.2) is 26.8 Å². The number of sulfone groups is 1. The number of amides is 2. The van der Waals surface area contributed by atoms with E-state index in [9.17, 15) is 18.0 Å². The summed E-state index contributed by atoms with van der Waals surface area (Å²) in [5, 5.41) is 4.16. The van der Waals surface area contributed by atoms with Crippen molar-refractivity contribution in [1.29, 1.82) is 0 Å². The Bertz CT molecular complexity index is 1940. The number of rotatable bonds is 8. The lowest BCUT2D eigenvalue weighted by molar-refractivity contribution is 0.0125. The maximum atomic E-state index is 15.6. The molecule has 2 aromatic carbocycles. The zero-order chi connectivity index (χ0) is 37.9. The molecule has 0 aliphatic carbocycles. The predicted molar refractivity (Wildman–Crippen MR) is 193 cm³/mol. The lowest BCUT2D eigenvalue weighted by atomic mass is 10.0. The van der Waals surface area contributed by atoms with E-state index in [0.717, 1.165) is 40.6 Å². The molecule has 0 spiro atoms. The Kier molecular flexibility index (Phi) is 11.9. The first-order chi connectivity index (χ1) is 23.7. The normalized spacial score (nSPS) is 16.6. The summed E-state index contributed by atoms with van der Waals surface area (Å²) in [5.41, 5.74) is 0.260. The lowest BCUT2D eigenvalue weighted by Crippen LogP contribution is -2.51. The Hall–Kier alpha value is -4.51. The number of aryl methyl sites for hydroxylation is 1. The lowest BCUT2D eigenvalue weighted by Gasteiger charge is -2.36. The van der Waals surface area contributed by atoms with E-state index in [-0.39, 0.29) is 29.4 Å². The molecule has 2 heterocycles. The summed E-state index contributed by atoms with van der Waals surface area (Å²) in [4.78, 5) is 28.0. The van der Waals surface area contributed by atoms with Crippen molar-refractivity contribution in [1.82, 2.24) is 9.47 Å². The van der Waals surface area contributed by atoms with Gasteiger partial charge < -0.3 is 29.0 Å². The molecule has 1 aliphatic heterocycles. The highest BCUT2D eigenvalue weighted by Gasteiger charge is 2.34. The van der Waals surface area contributed by atoms with E-state index in [1.165, 1.54) is 12.0 Å². The Morgan fingerprint density at radius 2 is 1.76 bits per heavy atom. The monoisotopic (exact) mass is 730 g/mol. The molecular weight excluding hydrogens is 682 g/mol. The summed E-state index contributed by atoms with van der Waals surface area (Å²) in [6, 6.07) is 8.99. The van der Waals surface area contributed by atoms with Gasteiger partial charge in [0.1, 0.15) is 28.8 Å². The number of anilines is 2. The standard InChI is InChI=1S/C37H48F2N4O7S/c1-10-17-42-24(13-12-18-43(35(45)50-37(5,6)7)33-27(38)21-25(51(9,46)47)22-32(33)48-8)20-26-29(14-11-15-31(26)42)40-30-16-19-41(23-28(30)39)34(44)49-36(2,3)4/h11,14-15,20-22,28,30,40H,10,16-19,23H2,1-9H3. The molecule has 2 amide bonds. The second-order valence-electron chi connectivity index (χ2n) is 14.5. The van der Waals surface area contributed by atoms with E-state index in [1.807, 2.05) is 35.8 Å². The first-order valence-electron chi connectivity index (χ1n) is 16.8. The van der Waals surface area contributed by atoms with Crippen LogP contribution >= 0.6 is 0 Å². The second kappa shape index (κ2) is 15.4. The summed E-state index contributed by atoms with van der Waals surface area (Å²) in [7, 11) is -2.54. The fraction of sp³-hybridized carbons (Fsp3) is 0.514. The second-order valence-corrected chi connectivity index (χ2v) is 16.5. The summed E-state index contributed by atoms with van der Waals surface area (Å²) >= 11 is 0. The Morgan fingerprint density at radius 1 is 1.08 bits per heavy atom. The highest BCUT2D eigenvalue weighted by Crippen LogP contribution is 2.35. The molecule has 1 N–H and O–H groups in total. The number of halogens is 2. The molecule has 11 nitrogen and oxygen atoms in total. The average Bonchev–Trinajstić information content (AvgIpc) is 3.36. The number of benzene rings is 2.